The summed E-state index contributed by atoms with van der Waals surface area (Å²) in [6.45, 7) is 4.43. The van der Waals surface area contributed by atoms with Crippen molar-refractivity contribution < 1.29 is 18.7 Å². The molecule has 3 aromatic carbocycles. The Bertz CT molecular complexity index is 1370. The lowest BCUT2D eigenvalue weighted by Gasteiger charge is -2.32. The van der Waals surface area contributed by atoms with Crippen LogP contribution >= 0.6 is 0 Å². The Hall–Kier alpha value is -4.27. The molecule has 0 radical (unpaired) electrons. The number of benzene rings is 3. The van der Waals surface area contributed by atoms with Crippen molar-refractivity contribution in [1.82, 2.24) is 20.3 Å². The summed E-state index contributed by atoms with van der Waals surface area (Å²) in [6, 6.07) is 18.8. The van der Waals surface area contributed by atoms with Crippen LogP contribution in [0.15, 0.2) is 72.8 Å². The maximum absolute atomic E-state index is 13.9. The summed E-state index contributed by atoms with van der Waals surface area (Å²) in [7, 11) is 1.54. The van der Waals surface area contributed by atoms with E-state index in [4.69, 9.17) is 4.74 Å². The van der Waals surface area contributed by atoms with Gasteiger partial charge in [-0.2, -0.15) is 0 Å². The molecule has 0 spiro atoms. The zero-order valence-electron chi connectivity index (χ0n) is 21.1. The average molecular weight is 504 g/mol. The Balaban J connectivity index is 1.77. The van der Waals surface area contributed by atoms with Gasteiger partial charge in [0.05, 0.1) is 12.6 Å². The van der Waals surface area contributed by atoms with E-state index in [2.05, 4.69) is 29.5 Å². The third-order valence-electron chi connectivity index (χ3n) is 6.02. The molecule has 0 saturated heterocycles. The molecule has 1 heterocycles. The molecule has 0 saturated carbocycles. The van der Waals surface area contributed by atoms with E-state index < -0.39 is 17.8 Å². The third kappa shape index (κ3) is 6.11. The van der Waals surface area contributed by atoms with Crippen molar-refractivity contribution in [3.8, 4) is 5.75 Å². The first-order chi connectivity index (χ1) is 17.9. The van der Waals surface area contributed by atoms with E-state index in [9.17, 15) is 14.0 Å². The highest BCUT2D eigenvalue weighted by Gasteiger charge is 2.33. The monoisotopic (exact) mass is 503 g/mol. The fraction of sp³-hybridized carbons (Fsp3) is 0.286. The SMILES string of the molecule is COc1cccc([C@H](C(=O)NCCC(C)C)N(C(=O)Cn2nnc3ccccc32)c2ccc(F)cc2)c1. The van der Waals surface area contributed by atoms with Gasteiger partial charge in [0, 0.05) is 12.2 Å². The Morgan fingerprint density at radius 1 is 1.05 bits per heavy atom. The van der Waals surface area contributed by atoms with Crippen LogP contribution in [0.5, 0.6) is 5.75 Å². The summed E-state index contributed by atoms with van der Waals surface area (Å²) >= 11 is 0. The second kappa shape index (κ2) is 11.6. The summed E-state index contributed by atoms with van der Waals surface area (Å²) in [4.78, 5) is 29.0. The number of carbonyl (C=O) groups excluding carboxylic acids is 2. The van der Waals surface area contributed by atoms with Crippen LogP contribution in [0.25, 0.3) is 11.0 Å². The third-order valence-corrected chi connectivity index (χ3v) is 6.02. The predicted molar refractivity (Wildman–Crippen MR) is 140 cm³/mol. The number of hydrogen-bond acceptors (Lipinski definition) is 5. The number of amides is 2. The van der Waals surface area contributed by atoms with E-state index in [1.165, 1.54) is 41.0 Å². The topological polar surface area (TPSA) is 89.4 Å². The highest BCUT2D eigenvalue weighted by Crippen LogP contribution is 2.31. The lowest BCUT2D eigenvalue weighted by atomic mass is 10.0. The van der Waals surface area contributed by atoms with Crippen LogP contribution in [-0.2, 0) is 16.1 Å². The van der Waals surface area contributed by atoms with Crippen molar-refractivity contribution in [3.63, 3.8) is 0 Å². The van der Waals surface area contributed by atoms with Crippen LogP contribution in [0.2, 0.25) is 0 Å². The largest absolute Gasteiger partial charge is 0.497 e. The second-order valence-corrected chi connectivity index (χ2v) is 9.13. The summed E-state index contributed by atoms with van der Waals surface area (Å²) < 4.78 is 20.7. The number of para-hydroxylation sites is 1. The number of rotatable bonds is 10. The molecule has 1 atom stereocenters. The van der Waals surface area contributed by atoms with Gasteiger partial charge in [-0.1, -0.05) is 43.3 Å². The minimum atomic E-state index is -1.03. The molecule has 192 valence electrons. The molecule has 4 rings (SSSR count). The normalized spacial score (nSPS) is 11.9. The molecular formula is C28H30FN5O3. The van der Waals surface area contributed by atoms with E-state index in [1.54, 1.807) is 24.3 Å². The highest BCUT2D eigenvalue weighted by atomic mass is 19.1. The molecule has 0 aliphatic carbocycles. The van der Waals surface area contributed by atoms with Gasteiger partial charge in [0.25, 0.3) is 0 Å². The molecule has 1 aromatic heterocycles. The maximum Gasteiger partial charge on any atom is 0.249 e. The van der Waals surface area contributed by atoms with Crippen molar-refractivity contribution >= 4 is 28.5 Å². The van der Waals surface area contributed by atoms with Crippen LogP contribution in [0.4, 0.5) is 10.1 Å². The van der Waals surface area contributed by atoms with Crippen LogP contribution in [0, 0.1) is 11.7 Å². The average Bonchev–Trinajstić information content (AvgIpc) is 3.30. The zero-order chi connectivity index (χ0) is 26.4. The number of anilines is 1. The van der Waals surface area contributed by atoms with Crippen LogP contribution in [0.3, 0.4) is 0 Å². The van der Waals surface area contributed by atoms with Crippen molar-refractivity contribution in [2.75, 3.05) is 18.6 Å². The number of methoxy groups -OCH3 is 1. The number of ether oxygens (including phenoxy) is 1. The Morgan fingerprint density at radius 3 is 2.54 bits per heavy atom. The van der Waals surface area contributed by atoms with Gasteiger partial charge in [0.15, 0.2) is 0 Å². The lowest BCUT2D eigenvalue weighted by molar-refractivity contribution is -0.127. The highest BCUT2D eigenvalue weighted by molar-refractivity contribution is 6.01. The van der Waals surface area contributed by atoms with Gasteiger partial charge < -0.3 is 10.1 Å². The fourth-order valence-electron chi connectivity index (χ4n) is 4.09. The number of hydrogen-bond donors (Lipinski definition) is 1. The first-order valence-electron chi connectivity index (χ1n) is 12.1. The van der Waals surface area contributed by atoms with E-state index in [0.717, 1.165) is 6.42 Å². The van der Waals surface area contributed by atoms with Gasteiger partial charge in [-0.05, 0) is 66.4 Å². The van der Waals surface area contributed by atoms with Crippen molar-refractivity contribution in [3.05, 3.63) is 84.2 Å². The molecule has 8 nitrogen and oxygen atoms in total. The number of aromatic nitrogens is 3. The fourth-order valence-corrected chi connectivity index (χ4v) is 4.09. The number of halogens is 1. The second-order valence-electron chi connectivity index (χ2n) is 9.13. The molecule has 0 aliphatic rings. The van der Waals surface area contributed by atoms with Crippen molar-refractivity contribution in [2.45, 2.75) is 32.9 Å². The first kappa shape index (κ1) is 25.8. The van der Waals surface area contributed by atoms with Gasteiger partial charge in [0.2, 0.25) is 11.8 Å². The zero-order valence-corrected chi connectivity index (χ0v) is 21.1. The van der Waals surface area contributed by atoms with E-state index in [-0.39, 0.29) is 12.5 Å². The number of nitrogens with one attached hydrogen (secondary N) is 1. The Labute approximate surface area is 215 Å². The van der Waals surface area contributed by atoms with Crippen LogP contribution in [-0.4, -0.2) is 40.5 Å². The van der Waals surface area contributed by atoms with Gasteiger partial charge in [0.1, 0.15) is 29.7 Å². The quantitative estimate of drug-likeness (QED) is 0.344. The summed E-state index contributed by atoms with van der Waals surface area (Å²) in [5.41, 5.74) is 2.28. The minimum Gasteiger partial charge on any atom is -0.497 e. The summed E-state index contributed by atoms with van der Waals surface area (Å²) in [5.74, 6) is -0.265. The molecule has 0 unspecified atom stereocenters. The van der Waals surface area contributed by atoms with Crippen molar-refractivity contribution in [2.24, 2.45) is 5.92 Å². The Morgan fingerprint density at radius 2 is 1.81 bits per heavy atom. The minimum absolute atomic E-state index is 0.169. The molecule has 0 fully saturated rings. The van der Waals surface area contributed by atoms with E-state index in [1.807, 2.05) is 24.3 Å². The predicted octanol–water partition coefficient (Wildman–Crippen LogP) is 4.52. The number of nitrogens with zero attached hydrogens (tertiary/aromatic N) is 4. The van der Waals surface area contributed by atoms with Gasteiger partial charge >= 0.3 is 0 Å². The number of fused-ring (bicyclic) bond motifs is 1. The maximum atomic E-state index is 13.9. The van der Waals surface area contributed by atoms with Crippen LogP contribution in [0.1, 0.15) is 31.9 Å². The summed E-state index contributed by atoms with van der Waals surface area (Å²) in [5, 5.41) is 11.2. The Kier molecular flexibility index (Phi) is 8.12. The molecule has 0 aliphatic heterocycles. The van der Waals surface area contributed by atoms with Gasteiger partial charge in [-0.15, -0.1) is 5.10 Å². The van der Waals surface area contributed by atoms with Crippen molar-refractivity contribution in [1.29, 1.82) is 0 Å². The van der Waals surface area contributed by atoms with Gasteiger partial charge in [-0.3, -0.25) is 14.5 Å². The molecule has 2 amide bonds. The summed E-state index contributed by atoms with van der Waals surface area (Å²) in [6.07, 6.45) is 0.784. The van der Waals surface area contributed by atoms with Crippen LogP contribution < -0.4 is 15.0 Å². The molecule has 9 heteroatoms. The lowest BCUT2D eigenvalue weighted by Crippen LogP contribution is -2.45. The molecule has 0 bridgehead atoms. The van der Waals surface area contributed by atoms with E-state index in [0.29, 0.717) is 40.5 Å². The number of carbonyl (C=O) groups is 2. The van der Waals surface area contributed by atoms with E-state index >= 15 is 0 Å². The molecular weight excluding hydrogens is 473 g/mol. The standard InChI is InChI=1S/C28H30FN5O3/c1-19(2)15-16-30-28(36)27(20-7-6-8-23(17-20)37-3)34(22-13-11-21(29)12-14-22)26(35)18-33-25-10-5-4-9-24(25)31-32-33/h4-14,17,19,27H,15-16,18H2,1-3H3,(H,30,36)/t27-/m1/s1. The van der Waals surface area contributed by atoms with Gasteiger partial charge in [-0.25, -0.2) is 9.07 Å². The molecule has 4 aromatic rings. The molecule has 37 heavy (non-hydrogen) atoms. The first-order valence-corrected chi connectivity index (χ1v) is 12.1. The molecule has 1 N–H and O–H groups in total. The smallest absolute Gasteiger partial charge is 0.249 e.